The molecule has 2 heterocycles. The van der Waals surface area contributed by atoms with Crippen molar-refractivity contribution in [3.63, 3.8) is 0 Å². The molecule has 4 nitrogen and oxygen atoms in total. The zero-order valence-electron chi connectivity index (χ0n) is 14.8. The fraction of sp³-hybridized carbons (Fsp3) is 0.182. The van der Waals surface area contributed by atoms with Gasteiger partial charge in [0.25, 0.3) is 11.8 Å². The van der Waals surface area contributed by atoms with Crippen molar-refractivity contribution in [2.24, 2.45) is 5.73 Å². The summed E-state index contributed by atoms with van der Waals surface area (Å²) in [5, 5.41) is 0. The van der Waals surface area contributed by atoms with Gasteiger partial charge >= 0.3 is 0 Å². The summed E-state index contributed by atoms with van der Waals surface area (Å²) < 4.78 is 0. The van der Waals surface area contributed by atoms with E-state index in [1.807, 2.05) is 65.6 Å². The minimum Gasteiger partial charge on any atom is -0.365 e. The Morgan fingerprint density at radius 2 is 1.70 bits per heavy atom. The number of likely N-dealkylation sites (tertiary alicyclic amines) is 1. The molecule has 4 rings (SSSR count). The standard InChI is InChI=1S/C22H20N2O2S/c23-21(25)20-13-12-19(27-20)18-11-6-14-24(18)22(26)17-10-5-4-9-16(17)15-7-2-1-3-8-15/h1-5,7-10,12-13,18H,6,11,14H2,(H2,23,25)/t18-/m0/s1. The first-order valence-corrected chi connectivity index (χ1v) is 9.82. The van der Waals surface area contributed by atoms with E-state index in [0.29, 0.717) is 10.4 Å². The van der Waals surface area contributed by atoms with Crippen molar-refractivity contribution < 1.29 is 9.59 Å². The highest BCUT2D eigenvalue weighted by Gasteiger charge is 2.32. The number of benzene rings is 2. The summed E-state index contributed by atoms with van der Waals surface area (Å²) in [7, 11) is 0. The van der Waals surface area contributed by atoms with Crippen LogP contribution in [-0.4, -0.2) is 23.3 Å². The van der Waals surface area contributed by atoms with Crippen LogP contribution in [-0.2, 0) is 0 Å². The summed E-state index contributed by atoms with van der Waals surface area (Å²) in [4.78, 5) is 28.3. The number of thiophene rings is 1. The Morgan fingerprint density at radius 3 is 2.44 bits per heavy atom. The molecule has 2 amide bonds. The Morgan fingerprint density at radius 1 is 0.963 bits per heavy atom. The quantitative estimate of drug-likeness (QED) is 0.729. The maximum Gasteiger partial charge on any atom is 0.258 e. The number of primary amides is 1. The van der Waals surface area contributed by atoms with E-state index in [-0.39, 0.29) is 11.9 Å². The second kappa shape index (κ2) is 7.37. The highest BCUT2D eigenvalue weighted by molar-refractivity contribution is 7.14. The molecule has 27 heavy (non-hydrogen) atoms. The Hall–Kier alpha value is -2.92. The van der Waals surface area contributed by atoms with Gasteiger partial charge in [0.05, 0.1) is 10.9 Å². The molecule has 0 bridgehead atoms. The van der Waals surface area contributed by atoms with Gasteiger partial charge in [0.1, 0.15) is 0 Å². The minimum atomic E-state index is -0.420. The van der Waals surface area contributed by atoms with Crippen LogP contribution < -0.4 is 5.73 Å². The van der Waals surface area contributed by atoms with E-state index < -0.39 is 5.91 Å². The van der Waals surface area contributed by atoms with Crippen LogP contribution in [0.2, 0.25) is 0 Å². The Balaban J connectivity index is 1.67. The van der Waals surface area contributed by atoms with Gasteiger partial charge in [0.15, 0.2) is 0 Å². The van der Waals surface area contributed by atoms with Gasteiger partial charge in [-0.3, -0.25) is 9.59 Å². The third-order valence-corrected chi connectivity index (χ3v) is 6.16. The maximum atomic E-state index is 13.4. The molecule has 0 saturated carbocycles. The van der Waals surface area contributed by atoms with E-state index in [9.17, 15) is 9.59 Å². The first-order chi connectivity index (χ1) is 13.1. The molecule has 1 aromatic heterocycles. The molecule has 0 aliphatic carbocycles. The lowest BCUT2D eigenvalue weighted by atomic mass is 9.98. The summed E-state index contributed by atoms with van der Waals surface area (Å²) in [6, 6.07) is 21.4. The zero-order chi connectivity index (χ0) is 18.8. The van der Waals surface area contributed by atoms with E-state index in [0.717, 1.165) is 35.4 Å². The van der Waals surface area contributed by atoms with Crippen molar-refractivity contribution in [2.45, 2.75) is 18.9 Å². The Bertz CT molecular complexity index is 981. The molecule has 5 heteroatoms. The van der Waals surface area contributed by atoms with E-state index in [1.165, 1.54) is 11.3 Å². The van der Waals surface area contributed by atoms with Crippen LogP contribution >= 0.6 is 11.3 Å². The number of hydrogen-bond acceptors (Lipinski definition) is 3. The molecule has 1 aliphatic heterocycles. The van der Waals surface area contributed by atoms with Gasteiger partial charge in [-0.1, -0.05) is 48.5 Å². The van der Waals surface area contributed by atoms with Crippen molar-refractivity contribution in [2.75, 3.05) is 6.54 Å². The molecule has 0 unspecified atom stereocenters. The molecule has 0 radical (unpaired) electrons. The second-order valence-electron chi connectivity index (χ2n) is 6.63. The van der Waals surface area contributed by atoms with Crippen molar-refractivity contribution in [3.05, 3.63) is 82.0 Å². The van der Waals surface area contributed by atoms with Crippen molar-refractivity contribution in [1.29, 1.82) is 0 Å². The summed E-state index contributed by atoms with van der Waals surface area (Å²) in [5.74, 6) is -0.387. The lowest BCUT2D eigenvalue weighted by Crippen LogP contribution is -2.30. The molecule has 1 atom stereocenters. The first kappa shape index (κ1) is 17.5. The van der Waals surface area contributed by atoms with E-state index >= 15 is 0 Å². The van der Waals surface area contributed by atoms with Gasteiger partial charge in [0.2, 0.25) is 0 Å². The zero-order valence-corrected chi connectivity index (χ0v) is 15.6. The second-order valence-corrected chi connectivity index (χ2v) is 7.75. The number of rotatable bonds is 4. The fourth-order valence-electron chi connectivity index (χ4n) is 3.66. The van der Waals surface area contributed by atoms with Gasteiger partial charge in [-0.25, -0.2) is 0 Å². The summed E-state index contributed by atoms with van der Waals surface area (Å²) >= 11 is 1.39. The van der Waals surface area contributed by atoms with Crippen molar-refractivity contribution in [3.8, 4) is 11.1 Å². The van der Waals surface area contributed by atoms with Crippen molar-refractivity contribution >= 4 is 23.2 Å². The highest BCUT2D eigenvalue weighted by atomic mass is 32.1. The third kappa shape index (κ3) is 3.38. The van der Waals surface area contributed by atoms with E-state index in [2.05, 4.69) is 0 Å². The normalized spacial score (nSPS) is 16.4. The topological polar surface area (TPSA) is 63.4 Å². The number of carbonyl (C=O) groups is 2. The number of nitrogens with two attached hydrogens (primary N) is 1. The molecule has 3 aromatic rings. The lowest BCUT2D eigenvalue weighted by Gasteiger charge is -2.25. The summed E-state index contributed by atoms with van der Waals surface area (Å²) in [6.45, 7) is 0.719. The van der Waals surface area contributed by atoms with Crippen LogP contribution in [0.3, 0.4) is 0 Å². The highest BCUT2D eigenvalue weighted by Crippen LogP contribution is 2.37. The predicted molar refractivity (Wildman–Crippen MR) is 108 cm³/mol. The average Bonchev–Trinajstić information content (AvgIpc) is 3.37. The maximum absolute atomic E-state index is 13.4. The fourth-order valence-corrected chi connectivity index (χ4v) is 4.67. The first-order valence-electron chi connectivity index (χ1n) is 9.00. The predicted octanol–water partition coefficient (Wildman–Crippen LogP) is 4.49. The largest absolute Gasteiger partial charge is 0.365 e. The summed E-state index contributed by atoms with van der Waals surface area (Å²) in [5.41, 5.74) is 8.07. The SMILES string of the molecule is NC(=O)c1ccc([C@@H]2CCCN2C(=O)c2ccccc2-c2ccccc2)s1. The van der Waals surface area contributed by atoms with Crippen LogP contribution in [0.5, 0.6) is 0 Å². The lowest BCUT2D eigenvalue weighted by molar-refractivity contribution is 0.0738. The van der Waals surface area contributed by atoms with Gasteiger partial charge in [0, 0.05) is 17.0 Å². The third-order valence-electron chi connectivity index (χ3n) is 4.95. The van der Waals surface area contributed by atoms with Gasteiger partial charge in [-0.2, -0.15) is 0 Å². The molecule has 2 aromatic carbocycles. The van der Waals surface area contributed by atoms with Crippen LogP contribution in [0.1, 0.15) is 43.8 Å². The smallest absolute Gasteiger partial charge is 0.258 e. The molecule has 1 fully saturated rings. The number of hydrogen-bond donors (Lipinski definition) is 1. The number of amides is 2. The monoisotopic (exact) mass is 376 g/mol. The number of nitrogens with zero attached hydrogens (tertiary/aromatic N) is 1. The Kier molecular flexibility index (Phi) is 4.77. The van der Waals surface area contributed by atoms with Crippen LogP contribution in [0.4, 0.5) is 0 Å². The molecule has 2 N–H and O–H groups in total. The summed E-state index contributed by atoms with van der Waals surface area (Å²) in [6.07, 6.45) is 1.85. The van der Waals surface area contributed by atoms with Crippen LogP contribution in [0.25, 0.3) is 11.1 Å². The number of carbonyl (C=O) groups excluding carboxylic acids is 2. The van der Waals surface area contributed by atoms with Crippen LogP contribution in [0, 0.1) is 0 Å². The molecule has 1 saturated heterocycles. The van der Waals surface area contributed by atoms with E-state index in [1.54, 1.807) is 6.07 Å². The molecular formula is C22H20N2O2S. The van der Waals surface area contributed by atoms with Gasteiger partial charge in [-0.05, 0) is 42.2 Å². The molecule has 0 spiro atoms. The Labute approximate surface area is 162 Å². The van der Waals surface area contributed by atoms with E-state index in [4.69, 9.17) is 5.73 Å². The molecule has 136 valence electrons. The molecule has 1 aliphatic rings. The van der Waals surface area contributed by atoms with Gasteiger partial charge < -0.3 is 10.6 Å². The molecular weight excluding hydrogens is 356 g/mol. The van der Waals surface area contributed by atoms with Crippen molar-refractivity contribution in [1.82, 2.24) is 4.90 Å². The van der Waals surface area contributed by atoms with Gasteiger partial charge in [-0.15, -0.1) is 11.3 Å². The minimum absolute atomic E-state index is 0.000528. The average molecular weight is 376 g/mol. The van der Waals surface area contributed by atoms with Crippen LogP contribution in [0.15, 0.2) is 66.7 Å².